The molecule has 0 heterocycles. The second-order valence-corrected chi connectivity index (χ2v) is 17.1. The molecule has 354 valence electrons. The number of nitrogens with one attached hydrogen (secondary N) is 1. The molecule has 62 heavy (non-hydrogen) atoms. The third-order valence-electron chi connectivity index (χ3n) is 9.75. The van der Waals surface area contributed by atoms with Crippen LogP contribution in [0.3, 0.4) is 0 Å². The fourth-order valence-electron chi connectivity index (χ4n) is 6.12. The Labute approximate surface area is 378 Å². The van der Waals surface area contributed by atoms with Gasteiger partial charge in [0.05, 0.1) is 13.2 Å². The maximum absolute atomic E-state index is 12.1. The van der Waals surface area contributed by atoms with Gasteiger partial charge in [0.2, 0.25) is 5.91 Å². The number of ether oxygens (including phenoxy) is 1. The van der Waals surface area contributed by atoms with Crippen LogP contribution in [0.2, 0.25) is 0 Å². The van der Waals surface area contributed by atoms with E-state index in [-0.39, 0.29) is 32.1 Å². The largest absolute Gasteiger partial charge is 0.472 e. The standard InChI is InChI=1S/C52H88NO8P/c1-3-5-7-9-11-13-15-17-19-21-23-24-25-26-27-29-31-33-35-37-39-41-43-45-52(56)59-48-50(54)49-61-62(57,58)60-47-46-53-51(55)44-42-40-38-36-34-32-30-28-22-20-18-16-14-12-10-8-6-4-2/h5,7,11,13-14,16-17,19-20,22-24,26-27,31,33,50,54H,3-4,6,8-10,12,15,18,21,25,28-30,32,34-49H2,1-2H3,(H,53,55)(H,57,58)/b7-5-,13-11-,16-14-,19-17-,22-20-,24-23-,27-26-,33-31-. The highest BCUT2D eigenvalue weighted by molar-refractivity contribution is 7.47. The lowest BCUT2D eigenvalue weighted by molar-refractivity contribution is -0.147. The highest BCUT2D eigenvalue weighted by Crippen LogP contribution is 2.42. The maximum atomic E-state index is 12.1. The van der Waals surface area contributed by atoms with Gasteiger partial charge < -0.3 is 20.1 Å². The van der Waals surface area contributed by atoms with Gasteiger partial charge in [-0.1, -0.05) is 175 Å². The Balaban J connectivity index is 3.67. The van der Waals surface area contributed by atoms with E-state index in [2.05, 4.69) is 116 Å². The molecule has 0 spiro atoms. The number of hydrogen-bond acceptors (Lipinski definition) is 7. The average Bonchev–Trinajstić information content (AvgIpc) is 3.26. The molecule has 0 rings (SSSR count). The Morgan fingerprint density at radius 2 is 0.919 bits per heavy atom. The molecule has 1 amide bonds. The quantitative estimate of drug-likeness (QED) is 0.0239. The molecule has 0 aliphatic heterocycles. The predicted octanol–water partition coefficient (Wildman–Crippen LogP) is 14.2. The fraction of sp³-hybridized carbons (Fsp3) is 0.654. The maximum Gasteiger partial charge on any atom is 0.472 e. The Hall–Kier alpha value is -3.07. The van der Waals surface area contributed by atoms with Crippen LogP contribution in [0.15, 0.2) is 97.2 Å². The molecule has 0 aliphatic rings. The van der Waals surface area contributed by atoms with Crippen molar-refractivity contribution < 1.29 is 37.9 Å². The first kappa shape index (κ1) is 58.9. The van der Waals surface area contributed by atoms with Crippen LogP contribution in [-0.4, -0.2) is 54.3 Å². The first-order valence-corrected chi connectivity index (χ1v) is 25.7. The summed E-state index contributed by atoms with van der Waals surface area (Å²) in [6.45, 7) is 3.38. The van der Waals surface area contributed by atoms with Crippen LogP contribution in [0.25, 0.3) is 0 Å². The van der Waals surface area contributed by atoms with E-state index in [4.69, 9.17) is 13.8 Å². The number of aliphatic hydroxyl groups excluding tert-OH is 1. The normalized spacial score (nSPS) is 14.1. The van der Waals surface area contributed by atoms with E-state index in [9.17, 15) is 24.2 Å². The second kappa shape index (κ2) is 47.4. The summed E-state index contributed by atoms with van der Waals surface area (Å²) in [6.07, 6.45) is 61.9. The number of amides is 1. The minimum Gasteiger partial charge on any atom is -0.463 e. The lowest BCUT2D eigenvalue weighted by Gasteiger charge is -2.15. The number of esters is 1. The molecule has 3 N–H and O–H groups in total. The summed E-state index contributed by atoms with van der Waals surface area (Å²) in [6, 6.07) is 0. The van der Waals surface area contributed by atoms with Crippen molar-refractivity contribution in [2.45, 2.75) is 193 Å². The monoisotopic (exact) mass is 886 g/mol. The second-order valence-electron chi connectivity index (χ2n) is 15.7. The molecule has 0 radical (unpaired) electrons. The van der Waals surface area contributed by atoms with Crippen molar-refractivity contribution in [2.24, 2.45) is 0 Å². The van der Waals surface area contributed by atoms with Gasteiger partial charge in [-0.3, -0.25) is 18.6 Å². The van der Waals surface area contributed by atoms with Crippen LogP contribution in [0.5, 0.6) is 0 Å². The van der Waals surface area contributed by atoms with Crippen molar-refractivity contribution >= 4 is 19.7 Å². The molecular formula is C52H88NO8P. The topological polar surface area (TPSA) is 131 Å². The van der Waals surface area contributed by atoms with Gasteiger partial charge in [-0.15, -0.1) is 0 Å². The first-order chi connectivity index (χ1) is 30.3. The molecule has 9 nitrogen and oxygen atoms in total. The molecule has 0 fully saturated rings. The minimum absolute atomic E-state index is 0.0686. The van der Waals surface area contributed by atoms with Crippen LogP contribution in [0.4, 0.5) is 0 Å². The molecule has 0 aromatic carbocycles. The van der Waals surface area contributed by atoms with E-state index in [1.807, 2.05) is 0 Å². The van der Waals surface area contributed by atoms with Gasteiger partial charge in [0.15, 0.2) is 0 Å². The lowest BCUT2D eigenvalue weighted by atomic mass is 10.1. The fourth-order valence-corrected chi connectivity index (χ4v) is 6.88. The summed E-state index contributed by atoms with van der Waals surface area (Å²) < 4.78 is 26.9. The number of allylic oxidation sites excluding steroid dienone is 16. The Bertz CT molecular complexity index is 1330. The number of unbranched alkanes of at least 4 members (excludes halogenated alkanes) is 15. The van der Waals surface area contributed by atoms with Crippen molar-refractivity contribution in [1.29, 1.82) is 0 Å². The van der Waals surface area contributed by atoms with Crippen LogP contribution in [0.1, 0.15) is 187 Å². The molecule has 0 bridgehead atoms. The molecular weight excluding hydrogens is 798 g/mol. The highest BCUT2D eigenvalue weighted by atomic mass is 31.2. The number of aliphatic hydroxyl groups is 1. The smallest absolute Gasteiger partial charge is 0.463 e. The van der Waals surface area contributed by atoms with Crippen molar-refractivity contribution in [3.63, 3.8) is 0 Å². The zero-order valence-corrected chi connectivity index (χ0v) is 39.9. The third-order valence-corrected chi connectivity index (χ3v) is 10.7. The average molecular weight is 886 g/mol. The summed E-state index contributed by atoms with van der Waals surface area (Å²) in [5.74, 6) is -0.556. The van der Waals surface area contributed by atoms with Crippen molar-refractivity contribution in [3.8, 4) is 0 Å². The SMILES string of the molecule is CC/C=C\C/C=C\C/C=C\C/C=C\C/C=C\C/C=C\CCCCCCC(=O)OCC(O)COP(=O)(O)OCCNC(=O)CCCCCCCCC/C=C\C/C=C\CCCCCC. The highest BCUT2D eigenvalue weighted by Gasteiger charge is 2.23. The van der Waals surface area contributed by atoms with E-state index in [1.165, 1.54) is 57.8 Å². The van der Waals surface area contributed by atoms with Crippen LogP contribution < -0.4 is 5.32 Å². The molecule has 2 atom stereocenters. The van der Waals surface area contributed by atoms with Gasteiger partial charge in [0.25, 0.3) is 0 Å². The minimum atomic E-state index is -4.44. The molecule has 10 heteroatoms. The van der Waals surface area contributed by atoms with E-state index >= 15 is 0 Å². The number of rotatable bonds is 44. The van der Waals surface area contributed by atoms with Gasteiger partial charge >= 0.3 is 13.8 Å². The van der Waals surface area contributed by atoms with Crippen molar-refractivity contribution in [3.05, 3.63) is 97.2 Å². The molecule has 2 unspecified atom stereocenters. The zero-order chi connectivity index (χ0) is 45.3. The van der Waals surface area contributed by atoms with Gasteiger partial charge in [0.1, 0.15) is 12.7 Å². The number of phosphoric acid groups is 1. The predicted molar refractivity (Wildman–Crippen MR) is 261 cm³/mol. The number of hydrogen-bond donors (Lipinski definition) is 3. The van der Waals surface area contributed by atoms with Crippen LogP contribution >= 0.6 is 7.82 Å². The molecule has 0 saturated carbocycles. The van der Waals surface area contributed by atoms with Gasteiger partial charge in [0, 0.05) is 19.4 Å². The number of carbonyl (C=O) groups excluding carboxylic acids is 2. The number of carbonyl (C=O) groups is 2. The Morgan fingerprint density at radius 1 is 0.516 bits per heavy atom. The van der Waals surface area contributed by atoms with E-state index < -0.39 is 26.5 Å². The molecule has 0 aromatic rings. The van der Waals surface area contributed by atoms with Gasteiger partial charge in [-0.2, -0.15) is 0 Å². The summed E-state index contributed by atoms with van der Waals surface area (Å²) in [7, 11) is -4.44. The summed E-state index contributed by atoms with van der Waals surface area (Å²) in [4.78, 5) is 34.0. The first-order valence-electron chi connectivity index (χ1n) is 24.2. The lowest BCUT2D eigenvalue weighted by Crippen LogP contribution is -2.27. The Kier molecular flexibility index (Phi) is 45.1. The van der Waals surface area contributed by atoms with E-state index in [0.717, 1.165) is 96.3 Å². The third kappa shape index (κ3) is 48.0. The summed E-state index contributed by atoms with van der Waals surface area (Å²) >= 11 is 0. The van der Waals surface area contributed by atoms with Gasteiger partial charge in [-0.25, -0.2) is 4.57 Å². The number of phosphoric ester groups is 1. The summed E-state index contributed by atoms with van der Waals surface area (Å²) in [5, 5.41) is 12.7. The van der Waals surface area contributed by atoms with Crippen molar-refractivity contribution in [2.75, 3.05) is 26.4 Å². The van der Waals surface area contributed by atoms with Crippen LogP contribution in [-0.2, 0) is 27.9 Å². The van der Waals surface area contributed by atoms with E-state index in [0.29, 0.717) is 12.8 Å². The van der Waals surface area contributed by atoms with Crippen molar-refractivity contribution in [1.82, 2.24) is 5.32 Å². The molecule has 0 saturated heterocycles. The van der Waals surface area contributed by atoms with Gasteiger partial charge in [-0.05, 0) is 96.3 Å². The Morgan fingerprint density at radius 3 is 1.39 bits per heavy atom. The van der Waals surface area contributed by atoms with E-state index in [1.54, 1.807) is 0 Å². The zero-order valence-electron chi connectivity index (χ0n) is 39.0. The molecule has 0 aromatic heterocycles. The van der Waals surface area contributed by atoms with Crippen LogP contribution in [0, 0.1) is 0 Å². The summed E-state index contributed by atoms with van der Waals surface area (Å²) in [5.41, 5.74) is 0. The molecule has 0 aliphatic carbocycles.